The van der Waals surface area contributed by atoms with Crippen LogP contribution in [0.3, 0.4) is 0 Å². The number of nitrogens with one attached hydrogen (secondary N) is 1. The molecule has 1 saturated carbocycles. The number of benzene rings is 1. The monoisotopic (exact) mass is 427 g/mol. The molecule has 0 unspecified atom stereocenters. The van der Waals surface area contributed by atoms with E-state index >= 15 is 0 Å². The van der Waals surface area contributed by atoms with Gasteiger partial charge in [0.15, 0.2) is 0 Å². The smallest absolute Gasteiger partial charge is 0.258 e. The van der Waals surface area contributed by atoms with E-state index < -0.39 is 5.91 Å². The molecule has 1 aromatic carbocycles. The summed E-state index contributed by atoms with van der Waals surface area (Å²) in [7, 11) is 0. The van der Waals surface area contributed by atoms with Gasteiger partial charge in [0.25, 0.3) is 5.56 Å². The Morgan fingerprint density at radius 2 is 2.03 bits per heavy atom. The van der Waals surface area contributed by atoms with Crippen molar-refractivity contribution >= 4 is 28.4 Å². The highest BCUT2D eigenvalue weighted by Gasteiger charge is 2.25. The molecule has 5 N–H and O–H groups in total. The van der Waals surface area contributed by atoms with Gasteiger partial charge in [-0.25, -0.2) is 4.98 Å². The van der Waals surface area contributed by atoms with E-state index in [-0.39, 0.29) is 29.7 Å². The summed E-state index contributed by atoms with van der Waals surface area (Å²) < 4.78 is 5.85. The molecule has 1 aliphatic carbocycles. The summed E-state index contributed by atoms with van der Waals surface area (Å²) in [5.41, 5.74) is 12.8. The van der Waals surface area contributed by atoms with Crippen molar-refractivity contribution in [2.45, 2.75) is 44.2 Å². The lowest BCUT2D eigenvalue weighted by atomic mass is 9.81. The van der Waals surface area contributed by atoms with Crippen LogP contribution in [-0.4, -0.2) is 26.9 Å². The first kappa shape index (κ1) is 20.3. The maximum Gasteiger partial charge on any atom is 0.258 e. The van der Waals surface area contributed by atoms with E-state index in [2.05, 4.69) is 15.0 Å². The van der Waals surface area contributed by atoms with Crippen LogP contribution in [0.4, 0.5) is 0 Å². The summed E-state index contributed by atoms with van der Waals surface area (Å²) in [6.07, 6.45) is 6.62. The molecule has 9 heteroatoms. The highest BCUT2D eigenvalue weighted by Crippen LogP contribution is 2.39. The second-order valence-corrected chi connectivity index (χ2v) is 7.92. The number of fused-ring (bicyclic) bond motifs is 1. The minimum Gasteiger partial charge on any atom is -0.486 e. The van der Waals surface area contributed by atoms with Crippen LogP contribution in [0.15, 0.2) is 35.4 Å². The molecule has 2 aromatic heterocycles. The molecular weight excluding hydrogens is 406 g/mol. The van der Waals surface area contributed by atoms with Gasteiger partial charge in [0, 0.05) is 12.2 Å². The molecule has 0 bridgehead atoms. The number of H-pyrrole nitrogens is 1. The predicted octanol–water partition coefficient (Wildman–Crippen LogP) is 2.63. The number of ether oxygens (including phenoxy) is 1. The first-order valence-corrected chi connectivity index (χ1v) is 10.1. The molecule has 8 nitrogen and oxygen atoms in total. The SMILES string of the molecule is NC(=O)c1cc(OCc2nc3cnccc3c(=O)[nH]2)cc(C2CCC(N)CC2)c1Cl. The lowest BCUT2D eigenvalue weighted by molar-refractivity contribution is 0.0999. The average molecular weight is 428 g/mol. The Hall–Kier alpha value is -2.97. The molecule has 0 atom stereocenters. The number of hydrogen-bond donors (Lipinski definition) is 3. The maximum absolute atomic E-state index is 12.2. The zero-order valence-corrected chi connectivity index (χ0v) is 17.0. The highest BCUT2D eigenvalue weighted by molar-refractivity contribution is 6.34. The quantitative estimate of drug-likeness (QED) is 0.572. The van der Waals surface area contributed by atoms with Gasteiger partial charge in [-0.3, -0.25) is 14.6 Å². The summed E-state index contributed by atoms with van der Waals surface area (Å²) in [5, 5.41) is 0.813. The van der Waals surface area contributed by atoms with Crippen molar-refractivity contribution in [2.24, 2.45) is 11.5 Å². The van der Waals surface area contributed by atoms with E-state index in [0.29, 0.717) is 27.5 Å². The third-order valence-electron chi connectivity index (χ3n) is 5.48. The standard InChI is InChI=1S/C21H22ClN5O3/c22-19-15(11-1-3-12(23)4-2-11)7-13(8-16(19)20(24)28)30-10-18-26-17-9-25-6-5-14(17)21(29)27-18/h5-9,11-12H,1-4,10,23H2,(H2,24,28)(H,26,27,29). The number of primary amides is 1. The lowest BCUT2D eigenvalue weighted by Crippen LogP contribution is -2.26. The summed E-state index contributed by atoms with van der Waals surface area (Å²) >= 11 is 6.49. The number of nitrogens with two attached hydrogens (primary N) is 2. The Bertz CT molecular complexity index is 1160. The normalized spacial score (nSPS) is 19.0. The van der Waals surface area contributed by atoms with Crippen molar-refractivity contribution in [3.8, 4) is 5.75 Å². The van der Waals surface area contributed by atoms with Crippen molar-refractivity contribution in [1.82, 2.24) is 15.0 Å². The molecule has 1 aliphatic rings. The summed E-state index contributed by atoms with van der Waals surface area (Å²) in [5.74, 6) is 0.347. The lowest BCUT2D eigenvalue weighted by Gasteiger charge is -2.27. The number of rotatable bonds is 5. The van der Waals surface area contributed by atoms with Gasteiger partial charge in [-0.15, -0.1) is 0 Å². The molecule has 4 rings (SSSR count). The summed E-state index contributed by atoms with van der Waals surface area (Å²) in [6.45, 7) is 0.00882. The third-order valence-corrected chi connectivity index (χ3v) is 5.91. The number of aromatic nitrogens is 3. The van der Waals surface area contributed by atoms with Gasteiger partial charge in [-0.05, 0) is 55.4 Å². The Morgan fingerprint density at radius 3 is 2.77 bits per heavy atom. The van der Waals surface area contributed by atoms with Gasteiger partial charge in [-0.1, -0.05) is 11.6 Å². The first-order chi connectivity index (χ1) is 14.4. The first-order valence-electron chi connectivity index (χ1n) is 9.77. The molecule has 1 fully saturated rings. The number of amides is 1. The van der Waals surface area contributed by atoms with E-state index in [1.54, 1.807) is 6.07 Å². The van der Waals surface area contributed by atoms with Gasteiger partial charge in [0.05, 0.1) is 27.7 Å². The van der Waals surface area contributed by atoms with Gasteiger partial charge in [-0.2, -0.15) is 0 Å². The van der Waals surface area contributed by atoms with E-state index in [4.69, 9.17) is 27.8 Å². The van der Waals surface area contributed by atoms with E-state index in [1.807, 2.05) is 6.07 Å². The van der Waals surface area contributed by atoms with Crippen LogP contribution in [0, 0.1) is 0 Å². The minimum absolute atomic E-state index is 0.00882. The zero-order chi connectivity index (χ0) is 21.3. The number of halogens is 1. The second kappa shape index (κ2) is 8.41. The van der Waals surface area contributed by atoms with Crippen molar-refractivity contribution in [1.29, 1.82) is 0 Å². The Balaban J connectivity index is 1.62. The van der Waals surface area contributed by atoms with Crippen LogP contribution in [0.2, 0.25) is 5.02 Å². The molecule has 2 heterocycles. The van der Waals surface area contributed by atoms with Crippen LogP contribution < -0.4 is 21.8 Å². The maximum atomic E-state index is 12.2. The van der Waals surface area contributed by atoms with Gasteiger partial charge < -0.3 is 21.2 Å². The molecule has 156 valence electrons. The van der Waals surface area contributed by atoms with Crippen molar-refractivity contribution in [3.05, 3.63) is 62.9 Å². The average Bonchev–Trinajstić information content (AvgIpc) is 2.73. The van der Waals surface area contributed by atoms with E-state index in [0.717, 1.165) is 31.2 Å². The number of carbonyl (C=O) groups excluding carboxylic acids is 1. The fourth-order valence-electron chi connectivity index (χ4n) is 3.87. The van der Waals surface area contributed by atoms with Crippen LogP contribution in [-0.2, 0) is 6.61 Å². The highest BCUT2D eigenvalue weighted by atomic mass is 35.5. The van der Waals surface area contributed by atoms with E-state index in [9.17, 15) is 9.59 Å². The molecule has 1 amide bonds. The molecule has 0 saturated heterocycles. The third kappa shape index (κ3) is 4.15. The fraction of sp³-hybridized carbons (Fsp3) is 0.333. The number of pyridine rings is 1. The molecule has 0 spiro atoms. The number of nitrogens with zero attached hydrogens (tertiary/aromatic N) is 2. The number of aromatic amines is 1. The van der Waals surface area contributed by atoms with Crippen molar-refractivity contribution in [2.75, 3.05) is 0 Å². The van der Waals surface area contributed by atoms with E-state index in [1.165, 1.54) is 18.5 Å². The Labute approximate surface area is 177 Å². The van der Waals surface area contributed by atoms with Crippen LogP contribution in [0.25, 0.3) is 10.9 Å². The van der Waals surface area contributed by atoms with Gasteiger partial charge >= 0.3 is 0 Å². The van der Waals surface area contributed by atoms with Crippen LogP contribution in [0.5, 0.6) is 5.75 Å². The molecule has 3 aromatic rings. The number of hydrogen-bond acceptors (Lipinski definition) is 6. The second-order valence-electron chi connectivity index (χ2n) is 7.54. The zero-order valence-electron chi connectivity index (χ0n) is 16.2. The summed E-state index contributed by atoms with van der Waals surface area (Å²) in [6, 6.07) is 5.15. The van der Waals surface area contributed by atoms with Crippen molar-refractivity contribution < 1.29 is 9.53 Å². The van der Waals surface area contributed by atoms with Crippen molar-refractivity contribution in [3.63, 3.8) is 0 Å². The van der Waals surface area contributed by atoms with Gasteiger partial charge in [0.1, 0.15) is 18.2 Å². The largest absolute Gasteiger partial charge is 0.486 e. The molecule has 0 aliphatic heterocycles. The minimum atomic E-state index is -0.623. The Morgan fingerprint density at radius 1 is 1.27 bits per heavy atom. The van der Waals surface area contributed by atoms with Gasteiger partial charge in [0.2, 0.25) is 5.91 Å². The number of carbonyl (C=O) groups is 1. The molecule has 30 heavy (non-hydrogen) atoms. The molecular formula is C21H22ClN5O3. The topological polar surface area (TPSA) is 137 Å². The summed E-state index contributed by atoms with van der Waals surface area (Å²) in [4.78, 5) is 35.2. The van der Waals surface area contributed by atoms with Crippen LogP contribution >= 0.6 is 11.6 Å². The Kier molecular flexibility index (Phi) is 5.69. The molecule has 0 radical (unpaired) electrons. The van der Waals surface area contributed by atoms with Crippen LogP contribution in [0.1, 0.15) is 53.3 Å². The predicted molar refractivity (Wildman–Crippen MR) is 114 cm³/mol. The fourth-order valence-corrected chi connectivity index (χ4v) is 4.22.